The Morgan fingerprint density at radius 2 is 2.00 bits per heavy atom. The molecule has 0 aromatic heterocycles. The van der Waals surface area contributed by atoms with Gasteiger partial charge in [0, 0.05) is 31.8 Å². The highest BCUT2D eigenvalue weighted by Crippen LogP contribution is 2.33. The third kappa shape index (κ3) is 5.33. The van der Waals surface area contributed by atoms with E-state index in [4.69, 9.17) is 25.8 Å². The summed E-state index contributed by atoms with van der Waals surface area (Å²) in [7, 11) is 1.63. The fourth-order valence-corrected chi connectivity index (χ4v) is 3.72. The van der Waals surface area contributed by atoms with E-state index in [0.29, 0.717) is 48.6 Å². The van der Waals surface area contributed by atoms with Gasteiger partial charge < -0.3 is 19.5 Å². The Labute approximate surface area is 180 Å². The van der Waals surface area contributed by atoms with Gasteiger partial charge in [-0.3, -0.25) is 15.0 Å². The number of nitro groups is 1. The number of nitrogens with zero attached hydrogens (tertiary/aromatic N) is 2. The number of rotatable bonds is 9. The van der Waals surface area contributed by atoms with Crippen LogP contribution in [0.1, 0.15) is 18.5 Å². The predicted octanol–water partition coefficient (Wildman–Crippen LogP) is 4.14. The second kappa shape index (κ2) is 10.5. The zero-order valence-electron chi connectivity index (χ0n) is 17.1. The molecule has 0 spiro atoms. The zero-order chi connectivity index (χ0) is 21.5. The predicted molar refractivity (Wildman–Crippen MR) is 116 cm³/mol. The molecule has 1 aliphatic heterocycles. The van der Waals surface area contributed by atoms with E-state index in [0.717, 1.165) is 18.7 Å². The smallest absolute Gasteiger partial charge is 0.271 e. The van der Waals surface area contributed by atoms with E-state index in [9.17, 15) is 10.1 Å². The summed E-state index contributed by atoms with van der Waals surface area (Å²) in [5.74, 6) is 1.39. The number of methoxy groups -OCH3 is 1. The topological polar surface area (TPSA) is 86.1 Å². The molecule has 1 saturated heterocycles. The highest BCUT2D eigenvalue weighted by molar-refractivity contribution is 6.33. The van der Waals surface area contributed by atoms with Crippen LogP contribution in [-0.2, 0) is 4.74 Å². The summed E-state index contributed by atoms with van der Waals surface area (Å²) in [6, 6.07) is 10.4. The molecule has 1 fully saturated rings. The monoisotopic (exact) mass is 435 g/mol. The number of hydrogen-bond donors (Lipinski definition) is 1. The van der Waals surface area contributed by atoms with Gasteiger partial charge in [-0.25, -0.2) is 0 Å². The van der Waals surface area contributed by atoms with Gasteiger partial charge in [-0.2, -0.15) is 0 Å². The van der Waals surface area contributed by atoms with E-state index in [-0.39, 0.29) is 11.7 Å². The second-order valence-electron chi connectivity index (χ2n) is 6.81. The van der Waals surface area contributed by atoms with Crippen LogP contribution in [0.15, 0.2) is 36.4 Å². The van der Waals surface area contributed by atoms with Crippen LogP contribution >= 0.6 is 11.6 Å². The number of non-ortho nitro benzene ring substituents is 1. The summed E-state index contributed by atoms with van der Waals surface area (Å²) in [4.78, 5) is 12.8. The maximum absolute atomic E-state index is 10.9. The van der Waals surface area contributed by atoms with Crippen molar-refractivity contribution in [2.45, 2.75) is 13.0 Å². The number of nitro benzene ring substituents is 1. The number of benzene rings is 2. The van der Waals surface area contributed by atoms with E-state index in [1.165, 1.54) is 12.1 Å². The summed E-state index contributed by atoms with van der Waals surface area (Å²) >= 11 is 6.25. The van der Waals surface area contributed by atoms with Crippen molar-refractivity contribution < 1.29 is 19.1 Å². The van der Waals surface area contributed by atoms with Crippen molar-refractivity contribution in [3.8, 4) is 11.5 Å². The van der Waals surface area contributed by atoms with Crippen LogP contribution in [0.2, 0.25) is 5.02 Å². The molecule has 2 aromatic rings. The van der Waals surface area contributed by atoms with Crippen molar-refractivity contribution in [1.82, 2.24) is 4.90 Å². The van der Waals surface area contributed by atoms with Gasteiger partial charge in [0.05, 0.1) is 48.6 Å². The van der Waals surface area contributed by atoms with Crippen molar-refractivity contribution in [2.75, 3.05) is 51.9 Å². The maximum atomic E-state index is 10.9. The summed E-state index contributed by atoms with van der Waals surface area (Å²) in [5, 5.41) is 14.6. The molecule has 162 valence electrons. The number of hydrogen-bond acceptors (Lipinski definition) is 7. The summed E-state index contributed by atoms with van der Waals surface area (Å²) in [5.41, 5.74) is 1.69. The average Bonchev–Trinajstić information content (AvgIpc) is 2.76. The first-order chi connectivity index (χ1) is 14.5. The van der Waals surface area contributed by atoms with Gasteiger partial charge in [-0.05, 0) is 30.7 Å². The summed E-state index contributed by atoms with van der Waals surface area (Å²) < 4.78 is 16.7. The molecule has 30 heavy (non-hydrogen) atoms. The molecule has 1 aliphatic rings. The Hall–Kier alpha value is -2.55. The van der Waals surface area contributed by atoms with Crippen LogP contribution in [0, 0.1) is 10.1 Å². The third-order valence-electron chi connectivity index (χ3n) is 5.01. The number of anilines is 1. The van der Waals surface area contributed by atoms with Gasteiger partial charge in [0.1, 0.15) is 0 Å². The minimum Gasteiger partial charge on any atom is -0.493 e. The molecule has 0 unspecified atom stereocenters. The van der Waals surface area contributed by atoms with Crippen LogP contribution in [0.4, 0.5) is 11.4 Å². The maximum Gasteiger partial charge on any atom is 0.271 e. The first-order valence-corrected chi connectivity index (χ1v) is 10.2. The molecule has 2 aromatic carbocycles. The van der Waals surface area contributed by atoms with Crippen molar-refractivity contribution in [1.29, 1.82) is 0 Å². The lowest BCUT2D eigenvalue weighted by atomic mass is 10.0. The molecular weight excluding hydrogens is 410 g/mol. The molecule has 0 aliphatic carbocycles. The Balaban J connectivity index is 1.84. The van der Waals surface area contributed by atoms with Gasteiger partial charge in [0.15, 0.2) is 11.5 Å². The average molecular weight is 436 g/mol. The van der Waals surface area contributed by atoms with Gasteiger partial charge in [-0.1, -0.05) is 17.7 Å². The molecule has 1 N–H and O–H groups in total. The number of ether oxygens (including phenoxy) is 3. The molecule has 1 atom stereocenters. The lowest BCUT2D eigenvalue weighted by Crippen LogP contribution is -2.41. The first kappa shape index (κ1) is 22.1. The third-order valence-corrected chi connectivity index (χ3v) is 5.32. The van der Waals surface area contributed by atoms with Crippen molar-refractivity contribution in [3.63, 3.8) is 0 Å². The second-order valence-corrected chi connectivity index (χ2v) is 7.22. The lowest BCUT2D eigenvalue weighted by molar-refractivity contribution is -0.384. The SMILES string of the molecule is CCOc1ccc([C@H](CNc2ccc([N+](=O)[O-])cc2Cl)N2CCOCC2)cc1OC. The summed E-state index contributed by atoms with van der Waals surface area (Å²) in [6.45, 7) is 6.00. The number of halogens is 1. The fraction of sp³-hybridized carbons (Fsp3) is 0.429. The van der Waals surface area contributed by atoms with Crippen LogP contribution in [0.3, 0.4) is 0 Å². The van der Waals surface area contributed by atoms with Gasteiger partial charge >= 0.3 is 0 Å². The van der Waals surface area contributed by atoms with E-state index >= 15 is 0 Å². The molecule has 1 heterocycles. The van der Waals surface area contributed by atoms with E-state index in [1.807, 2.05) is 25.1 Å². The molecule has 9 heteroatoms. The molecule has 0 bridgehead atoms. The molecule has 8 nitrogen and oxygen atoms in total. The number of nitrogens with one attached hydrogen (secondary N) is 1. The van der Waals surface area contributed by atoms with E-state index in [2.05, 4.69) is 10.2 Å². The van der Waals surface area contributed by atoms with Crippen LogP contribution < -0.4 is 14.8 Å². The van der Waals surface area contributed by atoms with Crippen LogP contribution in [-0.4, -0.2) is 56.4 Å². The lowest BCUT2D eigenvalue weighted by Gasteiger charge is -2.35. The Bertz CT molecular complexity index is 874. The summed E-state index contributed by atoms with van der Waals surface area (Å²) in [6.07, 6.45) is 0. The molecule has 0 amide bonds. The van der Waals surface area contributed by atoms with Crippen LogP contribution in [0.5, 0.6) is 11.5 Å². The first-order valence-electron chi connectivity index (χ1n) is 9.83. The molecule has 0 saturated carbocycles. The minimum absolute atomic E-state index is 0.0322. The Kier molecular flexibility index (Phi) is 7.73. The van der Waals surface area contributed by atoms with Gasteiger partial charge in [0.2, 0.25) is 0 Å². The zero-order valence-corrected chi connectivity index (χ0v) is 17.9. The Morgan fingerprint density at radius 1 is 1.23 bits per heavy atom. The molecule has 0 radical (unpaired) electrons. The van der Waals surface area contributed by atoms with Crippen molar-refractivity contribution in [2.24, 2.45) is 0 Å². The van der Waals surface area contributed by atoms with Crippen molar-refractivity contribution in [3.05, 3.63) is 57.1 Å². The van der Waals surface area contributed by atoms with E-state index < -0.39 is 4.92 Å². The highest BCUT2D eigenvalue weighted by Gasteiger charge is 2.24. The highest BCUT2D eigenvalue weighted by atomic mass is 35.5. The minimum atomic E-state index is -0.460. The van der Waals surface area contributed by atoms with Gasteiger partial charge in [-0.15, -0.1) is 0 Å². The normalized spacial score (nSPS) is 15.4. The largest absolute Gasteiger partial charge is 0.493 e. The van der Waals surface area contributed by atoms with Crippen molar-refractivity contribution >= 4 is 23.0 Å². The quantitative estimate of drug-likeness (QED) is 0.468. The van der Waals surface area contributed by atoms with E-state index in [1.54, 1.807) is 13.2 Å². The molecular formula is C21H26ClN3O5. The Morgan fingerprint density at radius 3 is 2.63 bits per heavy atom. The van der Waals surface area contributed by atoms with Crippen LogP contribution in [0.25, 0.3) is 0 Å². The molecule has 3 rings (SSSR count). The fourth-order valence-electron chi connectivity index (χ4n) is 3.48. The standard InChI is InChI=1S/C21H26ClN3O5/c1-3-30-20-7-4-15(12-21(20)28-2)19(24-8-10-29-11-9-24)14-23-18-6-5-16(25(26)27)13-17(18)22/h4-7,12-13,19,23H,3,8-11,14H2,1-2H3/t19-/m0/s1. The number of morpholine rings is 1. The van der Waals surface area contributed by atoms with Gasteiger partial charge in [0.25, 0.3) is 5.69 Å².